The molecule has 1 aromatic carbocycles. The van der Waals surface area contributed by atoms with Crippen LogP contribution in [0.5, 0.6) is 0 Å². The van der Waals surface area contributed by atoms with Crippen LogP contribution in [0.2, 0.25) is 0 Å². The molecule has 2 aromatic rings. The first kappa shape index (κ1) is 13.8. The molecule has 0 aliphatic heterocycles. The first-order valence-corrected chi connectivity index (χ1v) is 6.77. The largest absolute Gasteiger partial charge is 0.271 e. The molecule has 1 heterocycles. The van der Waals surface area contributed by atoms with E-state index >= 15 is 0 Å². The summed E-state index contributed by atoms with van der Waals surface area (Å²) in [5.74, 6) is 6.33. The molecule has 0 bridgehead atoms. The van der Waals surface area contributed by atoms with Gasteiger partial charge in [0.2, 0.25) is 0 Å². The van der Waals surface area contributed by atoms with Crippen molar-refractivity contribution in [3.63, 3.8) is 0 Å². The highest BCUT2D eigenvalue weighted by molar-refractivity contribution is 5.31. The fraction of sp³-hybridized carbons (Fsp3) is 0.400. The van der Waals surface area contributed by atoms with Crippen LogP contribution >= 0.6 is 0 Å². The lowest BCUT2D eigenvalue weighted by Crippen LogP contribution is -2.28. The summed E-state index contributed by atoms with van der Waals surface area (Å²) >= 11 is 0. The number of benzene rings is 1. The molecule has 102 valence electrons. The molecule has 1 aromatic heterocycles. The Bertz CT molecular complexity index is 490. The highest BCUT2D eigenvalue weighted by Crippen LogP contribution is 2.20. The van der Waals surface area contributed by atoms with Crippen molar-refractivity contribution in [1.82, 2.24) is 15.2 Å². The van der Waals surface area contributed by atoms with Crippen LogP contribution in [-0.4, -0.2) is 9.78 Å². The highest BCUT2D eigenvalue weighted by Gasteiger charge is 2.13. The number of rotatable bonds is 6. The molecule has 2 rings (SSSR count). The van der Waals surface area contributed by atoms with E-state index in [9.17, 15) is 0 Å². The SMILES string of the molecule is CC(C)CCC(NN)c1cnn(-c2ccccc2)c1. The van der Waals surface area contributed by atoms with E-state index in [2.05, 4.69) is 24.4 Å². The number of hydrogen-bond acceptors (Lipinski definition) is 3. The number of nitrogens with two attached hydrogens (primary N) is 1. The molecular weight excluding hydrogens is 236 g/mol. The highest BCUT2D eigenvalue weighted by atomic mass is 15.3. The third-order valence-corrected chi connectivity index (χ3v) is 3.26. The van der Waals surface area contributed by atoms with Crippen molar-refractivity contribution in [3.8, 4) is 5.69 Å². The van der Waals surface area contributed by atoms with Crippen molar-refractivity contribution in [2.75, 3.05) is 0 Å². The third kappa shape index (κ3) is 3.66. The maximum atomic E-state index is 5.65. The minimum Gasteiger partial charge on any atom is -0.271 e. The predicted molar refractivity (Wildman–Crippen MR) is 77.7 cm³/mol. The Morgan fingerprint density at radius 1 is 1.21 bits per heavy atom. The molecule has 4 heteroatoms. The fourth-order valence-electron chi connectivity index (χ4n) is 2.08. The van der Waals surface area contributed by atoms with E-state index in [-0.39, 0.29) is 6.04 Å². The zero-order valence-corrected chi connectivity index (χ0v) is 11.6. The van der Waals surface area contributed by atoms with Crippen molar-refractivity contribution < 1.29 is 0 Å². The summed E-state index contributed by atoms with van der Waals surface area (Å²) in [5.41, 5.74) is 5.08. The normalized spacial score (nSPS) is 12.8. The molecule has 0 saturated carbocycles. The molecule has 1 unspecified atom stereocenters. The first-order chi connectivity index (χ1) is 9.20. The summed E-state index contributed by atoms with van der Waals surface area (Å²) in [6.45, 7) is 4.45. The molecule has 0 aliphatic rings. The Kier molecular flexibility index (Phi) is 4.71. The average Bonchev–Trinajstić information content (AvgIpc) is 2.90. The van der Waals surface area contributed by atoms with Gasteiger partial charge in [0.25, 0.3) is 0 Å². The number of hydrogen-bond donors (Lipinski definition) is 2. The number of hydrazine groups is 1. The van der Waals surface area contributed by atoms with Crippen molar-refractivity contribution in [3.05, 3.63) is 48.3 Å². The Balaban J connectivity index is 2.11. The minimum atomic E-state index is 0.167. The zero-order valence-electron chi connectivity index (χ0n) is 11.6. The van der Waals surface area contributed by atoms with Crippen LogP contribution in [0, 0.1) is 5.92 Å². The minimum absolute atomic E-state index is 0.167. The van der Waals surface area contributed by atoms with Crippen molar-refractivity contribution in [1.29, 1.82) is 0 Å². The predicted octanol–water partition coefficient (Wildman–Crippen LogP) is 2.81. The van der Waals surface area contributed by atoms with Gasteiger partial charge in [-0.05, 0) is 30.9 Å². The van der Waals surface area contributed by atoms with E-state index in [1.165, 1.54) is 0 Å². The van der Waals surface area contributed by atoms with E-state index < -0.39 is 0 Å². The van der Waals surface area contributed by atoms with Gasteiger partial charge in [-0.3, -0.25) is 11.3 Å². The van der Waals surface area contributed by atoms with Gasteiger partial charge in [-0.25, -0.2) is 4.68 Å². The molecule has 3 N–H and O–H groups in total. The van der Waals surface area contributed by atoms with Crippen molar-refractivity contribution >= 4 is 0 Å². The third-order valence-electron chi connectivity index (χ3n) is 3.26. The summed E-state index contributed by atoms with van der Waals surface area (Å²) in [7, 11) is 0. The lowest BCUT2D eigenvalue weighted by molar-refractivity contribution is 0.448. The van der Waals surface area contributed by atoms with Crippen molar-refractivity contribution in [2.45, 2.75) is 32.7 Å². The van der Waals surface area contributed by atoms with Gasteiger partial charge in [-0.2, -0.15) is 5.10 Å². The quantitative estimate of drug-likeness (QED) is 0.619. The van der Waals surface area contributed by atoms with Crippen LogP contribution in [0.25, 0.3) is 5.69 Å². The molecule has 0 radical (unpaired) electrons. The fourth-order valence-corrected chi connectivity index (χ4v) is 2.08. The summed E-state index contributed by atoms with van der Waals surface area (Å²) in [6, 6.07) is 10.3. The summed E-state index contributed by atoms with van der Waals surface area (Å²) in [4.78, 5) is 0. The van der Waals surface area contributed by atoms with Crippen LogP contribution in [-0.2, 0) is 0 Å². The molecule has 0 amide bonds. The maximum absolute atomic E-state index is 5.65. The molecule has 1 atom stereocenters. The van der Waals surface area contributed by atoms with Gasteiger partial charge in [0.05, 0.1) is 11.9 Å². The zero-order chi connectivity index (χ0) is 13.7. The second kappa shape index (κ2) is 6.50. The van der Waals surface area contributed by atoms with E-state index in [4.69, 9.17) is 5.84 Å². The smallest absolute Gasteiger partial charge is 0.0645 e. The van der Waals surface area contributed by atoms with Crippen LogP contribution in [0.3, 0.4) is 0 Å². The lowest BCUT2D eigenvalue weighted by atomic mass is 10.0. The summed E-state index contributed by atoms with van der Waals surface area (Å²) in [5, 5.41) is 4.40. The van der Waals surface area contributed by atoms with Crippen LogP contribution in [0.4, 0.5) is 0 Å². The van der Waals surface area contributed by atoms with Gasteiger partial charge < -0.3 is 0 Å². The van der Waals surface area contributed by atoms with Crippen LogP contribution in [0.1, 0.15) is 38.3 Å². The molecule has 19 heavy (non-hydrogen) atoms. The van der Waals surface area contributed by atoms with Gasteiger partial charge >= 0.3 is 0 Å². The number of nitrogens with zero attached hydrogens (tertiary/aromatic N) is 2. The Morgan fingerprint density at radius 3 is 2.58 bits per heavy atom. The molecule has 0 saturated heterocycles. The van der Waals surface area contributed by atoms with E-state index in [1.807, 2.05) is 47.4 Å². The van der Waals surface area contributed by atoms with E-state index in [0.717, 1.165) is 24.1 Å². The Morgan fingerprint density at radius 2 is 1.95 bits per heavy atom. The molecule has 0 fully saturated rings. The standard InChI is InChI=1S/C15H22N4/c1-12(2)8-9-15(18-16)13-10-17-19(11-13)14-6-4-3-5-7-14/h3-7,10-12,15,18H,8-9,16H2,1-2H3. The molecule has 0 aliphatic carbocycles. The second-order valence-corrected chi connectivity index (χ2v) is 5.24. The van der Waals surface area contributed by atoms with Crippen molar-refractivity contribution in [2.24, 2.45) is 11.8 Å². The first-order valence-electron chi connectivity index (χ1n) is 6.77. The van der Waals surface area contributed by atoms with Gasteiger partial charge in [-0.1, -0.05) is 32.0 Å². The van der Waals surface area contributed by atoms with E-state index in [0.29, 0.717) is 5.92 Å². The number of aromatic nitrogens is 2. The lowest BCUT2D eigenvalue weighted by Gasteiger charge is -2.15. The number of nitrogens with one attached hydrogen (secondary N) is 1. The van der Waals surface area contributed by atoms with E-state index in [1.54, 1.807) is 0 Å². The molecular formula is C15H22N4. The van der Waals surface area contributed by atoms with Crippen LogP contribution < -0.4 is 11.3 Å². The van der Waals surface area contributed by atoms with Crippen LogP contribution in [0.15, 0.2) is 42.7 Å². The topological polar surface area (TPSA) is 55.9 Å². The Labute approximate surface area is 114 Å². The summed E-state index contributed by atoms with van der Waals surface area (Å²) in [6.07, 6.45) is 6.10. The number of para-hydroxylation sites is 1. The second-order valence-electron chi connectivity index (χ2n) is 5.24. The molecule has 0 spiro atoms. The average molecular weight is 258 g/mol. The van der Waals surface area contributed by atoms with Gasteiger partial charge in [0, 0.05) is 17.8 Å². The monoisotopic (exact) mass is 258 g/mol. The van der Waals surface area contributed by atoms with Gasteiger partial charge in [0.15, 0.2) is 0 Å². The van der Waals surface area contributed by atoms with Gasteiger partial charge in [0.1, 0.15) is 0 Å². The summed E-state index contributed by atoms with van der Waals surface area (Å²) < 4.78 is 1.88. The Hall–Kier alpha value is -1.65. The maximum Gasteiger partial charge on any atom is 0.0645 e. The molecule has 4 nitrogen and oxygen atoms in total. The van der Waals surface area contributed by atoms with Gasteiger partial charge in [-0.15, -0.1) is 0 Å².